The topological polar surface area (TPSA) is 89.9 Å². The molecule has 8 atom stereocenters. The molecule has 31 heavy (non-hydrogen) atoms. The molecule has 0 unspecified atom stereocenters. The number of hydrogen-bond acceptors (Lipinski definition) is 6. The molecule has 4 saturated carbocycles. The van der Waals surface area contributed by atoms with Gasteiger partial charge in [0.1, 0.15) is 18.0 Å². The van der Waals surface area contributed by atoms with Gasteiger partial charge >= 0.3 is 11.9 Å². The molecule has 6 nitrogen and oxygen atoms in total. The van der Waals surface area contributed by atoms with Crippen molar-refractivity contribution < 1.29 is 29.0 Å². The van der Waals surface area contributed by atoms with Crippen LogP contribution in [0, 0.1) is 34.5 Å². The summed E-state index contributed by atoms with van der Waals surface area (Å²) in [5, 5.41) is 11.6. The number of fused-ring (bicyclic) bond motifs is 3. The number of allylic oxidation sites excluding steroid dienone is 2. The highest BCUT2D eigenvalue weighted by atomic mass is 16.6. The summed E-state index contributed by atoms with van der Waals surface area (Å²) >= 11 is 0. The van der Waals surface area contributed by atoms with E-state index in [1.807, 2.05) is 27.7 Å². The summed E-state index contributed by atoms with van der Waals surface area (Å²) in [6.45, 7) is 14.7. The van der Waals surface area contributed by atoms with E-state index < -0.39 is 41.1 Å². The van der Waals surface area contributed by atoms with Gasteiger partial charge in [-0.15, -0.1) is 0 Å². The van der Waals surface area contributed by atoms with Gasteiger partial charge in [0.05, 0.1) is 0 Å². The lowest BCUT2D eigenvalue weighted by Gasteiger charge is -2.68. The average molecular weight is 433 g/mol. The minimum Gasteiger partial charge on any atom is -0.454 e. The Morgan fingerprint density at radius 3 is 2.00 bits per heavy atom. The second-order valence-corrected chi connectivity index (χ2v) is 10.4. The van der Waals surface area contributed by atoms with Crippen LogP contribution < -0.4 is 0 Å². The van der Waals surface area contributed by atoms with E-state index in [0.29, 0.717) is 17.6 Å². The van der Waals surface area contributed by atoms with Crippen molar-refractivity contribution in [3.05, 3.63) is 23.3 Å². The van der Waals surface area contributed by atoms with Crippen molar-refractivity contribution in [2.75, 3.05) is 0 Å². The van der Waals surface area contributed by atoms with E-state index in [9.17, 15) is 19.5 Å². The van der Waals surface area contributed by atoms with Crippen molar-refractivity contribution in [3.8, 4) is 0 Å². The zero-order chi connectivity index (χ0) is 23.5. The summed E-state index contributed by atoms with van der Waals surface area (Å²) < 4.78 is 11.8. The number of Topliss-reactive ketones (excluding diaryl/α,β-unsaturated/α-hetero) is 1. The van der Waals surface area contributed by atoms with Crippen LogP contribution in [0.3, 0.4) is 0 Å². The van der Waals surface area contributed by atoms with Crippen molar-refractivity contribution in [1.29, 1.82) is 0 Å². The molecule has 0 spiro atoms. The molecule has 6 heteroatoms. The van der Waals surface area contributed by atoms with E-state index in [2.05, 4.69) is 0 Å². The van der Waals surface area contributed by atoms with Gasteiger partial charge in [0.2, 0.25) is 0 Å². The van der Waals surface area contributed by atoms with Gasteiger partial charge in [-0.3, -0.25) is 4.79 Å². The number of aliphatic hydroxyl groups excluding tert-OH is 1. The maximum Gasteiger partial charge on any atom is 0.333 e. The molecular weight excluding hydrogens is 396 g/mol. The quantitative estimate of drug-likeness (QED) is 0.539. The second kappa shape index (κ2) is 7.88. The molecule has 4 bridgehead atoms. The van der Waals surface area contributed by atoms with E-state index in [4.69, 9.17) is 9.47 Å². The molecular formula is C25H36O6. The molecule has 172 valence electrons. The van der Waals surface area contributed by atoms with E-state index in [-0.39, 0.29) is 29.5 Å². The molecule has 4 rings (SSSR count). The zero-order valence-corrected chi connectivity index (χ0v) is 19.9. The fourth-order valence-corrected chi connectivity index (χ4v) is 6.57. The zero-order valence-electron chi connectivity index (χ0n) is 19.9. The third kappa shape index (κ3) is 3.29. The maximum atomic E-state index is 13.1. The van der Waals surface area contributed by atoms with E-state index >= 15 is 0 Å². The van der Waals surface area contributed by atoms with Crippen LogP contribution in [-0.4, -0.2) is 41.1 Å². The van der Waals surface area contributed by atoms with E-state index in [1.54, 1.807) is 39.8 Å². The number of carbonyl (C=O) groups is 3. The first-order valence-corrected chi connectivity index (χ1v) is 11.2. The molecule has 0 amide bonds. The third-order valence-corrected chi connectivity index (χ3v) is 8.44. The maximum absolute atomic E-state index is 13.1. The van der Waals surface area contributed by atoms with Gasteiger partial charge in [0.25, 0.3) is 0 Å². The van der Waals surface area contributed by atoms with Gasteiger partial charge in [0.15, 0.2) is 6.10 Å². The average Bonchev–Trinajstić information content (AvgIpc) is 2.78. The number of hydrogen-bond donors (Lipinski definition) is 1. The smallest absolute Gasteiger partial charge is 0.333 e. The minimum atomic E-state index is -1.12. The number of aliphatic hydroxyl groups is 1. The Labute approximate surface area is 185 Å². The fourth-order valence-electron chi connectivity index (χ4n) is 6.57. The molecule has 0 aromatic rings. The number of esters is 2. The van der Waals surface area contributed by atoms with Gasteiger partial charge in [-0.05, 0) is 45.4 Å². The van der Waals surface area contributed by atoms with Gasteiger partial charge in [-0.2, -0.15) is 0 Å². The van der Waals surface area contributed by atoms with Crippen LogP contribution in [0.25, 0.3) is 0 Å². The Morgan fingerprint density at radius 1 is 1.00 bits per heavy atom. The highest BCUT2D eigenvalue weighted by Gasteiger charge is 2.77. The molecule has 4 fully saturated rings. The van der Waals surface area contributed by atoms with Crippen molar-refractivity contribution in [1.82, 2.24) is 0 Å². The fraction of sp³-hybridized carbons (Fsp3) is 0.720. The summed E-state index contributed by atoms with van der Waals surface area (Å²) in [4.78, 5) is 38.5. The van der Waals surface area contributed by atoms with Crippen LogP contribution in [0.2, 0.25) is 0 Å². The van der Waals surface area contributed by atoms with Crippen LogP contribution in [0.1, 0.15) is 61.8 Å². The van der Waals surface area contributed by atoms with Crippen LogP contribution >= 0.6 is 0 Å². The van der Waals surface area contributed by atoms with Crippen LogP contribution in [-0.2, 0) is 23.9 Å². The highest BCUT2D eigenvalue weighted by Crippen LogP contribution is 2.72. The summed E-state index contributed by atoms with van der Waals surface area (Å²) in [5.41, 5.74) is -0.546. The van der Waals surface area contributed by atoms with Crippen molar-refractivity contribution in [3.63, 3.8) is 0 Å². The molecule has 0 aromatic carbocycles. The number of carbonyl (C=O) groups excluding carboxylic acids is 3. The third-order valence-electron chi connectivity index (χ3n) is 8.44. The Hall–Kier alpha value is -1.95. The van der Waals surface area contributed by atoms with Crippen LogP contribution in [0.15, 0.2) is 23.3 Å². The van der Waals surface area contributed by atoms with Gasteiger partial charge in [-0.1, -0.05) is 39.8 Å². The predicted octanol–water partition coefficient (Wildman–Crippen LogP) is 3.62. The molecule has 4 aliphatic carbocycles. The molecule has 1 N–H and O–H groups in total. The Morgan fingerprint density at radius 2 is 1.52 bits per heavy atom. The monoisotopic (exact) mass is 432 g/mol. The standard InChI is InChI=1S/C25H36O6/c1-9-12(3)22(28)30-19-20(27)25(8)16-14(5)11-15(26)17(25)18(16)24(6,7)21(19)31-23(29)13(4)10-2/h9-10,14,16-21,27H,11H2,1-8H3/b12-9-,13-10-/t14-,16+,17-,18+,19+,20-,21-,25-/m1/s1. The lowest BCUT2D eigenvalue weighted by Crippen LogP contribution is -2.70. The summed E-state index contributed by atoms with van der Waals surface area (Å²) in [5.74, 6) is -1.14. The van der Waals surface area contributed by atoms with Gasteiger partial charge in [-0.25, -0.2) is 9.59 Å². The summed E-state index contributed by atoms with van der Waals surface area (Å²) in [6, 6.07) is 0. The van der Waals surface area contributed by atoms with Crippen LogP contribution in [0.4, 0.5) is 0 Å². The van der Waals surface area contributed by atoms with Crippen molar-refractivity contribution >= 4 is 17.7 Å². The Balaban J connectivity index is 2.12. The SMILES string of the molecule is C/C=C(/C)C(=O)O[C@@H]1[C@@H](OC(=O)/C(C)=C\C)C(C)(C)[C@H]2[C@@H]3[C@H](C)CC(=O)[C@H]2[C@]3(C)[C@@H]1O. The van der Waals surface area contributed by atoms with E-state index in [0.717, 1.165) is 0 Å². The lowest BCUT2D eigenvalue weighted by molar-refractivity contribution is -0.236. The Bertz CT molecular complexity index is 852. The van der Waals surface area contributed by atoms with Gasteiger partial charge < -0.3 is 14.6 Å². The van der Waals surface area contributed by atoms with Crippen molar-refractivity contribution in [2.24, 2.45) is 34.5 Å². The lowest BCUT2D eigenvalue weighted by atomic mass is 9.35. The minimum absolute atomic E-state index is 0.0568. The molecule has 0 aromatic heterocycles. The molecule has 0 saturated heterocycles. The summed E-state index contributed by atoms with van der Waals surface area (Å²) in [6.07, 6.45) is 0.736. The largest absolute Gasteiger partial charge is 0.454 e. The summed E-state index contributed by atoms with van der Waals surface area (Å²) in [7, 11) is 0. The molecule has 0 heterocycles. The molecule has 4 aliphatic rings. The molecule has 0 radical (unpaired) electrons. The van der Waals surface area contributed by atoms with E-state index in [1.165, 1.54) is 0 Å². The highest BCUT2D eigenvalue weighted by molar-refractivity contribution is 5.89. The first-order chi connectivity index (χ1) is 14.3. The number of rotatable bonds is 4. The Kier molecular flexibility index (Phi) is 6.02. The van der Waals surface area contributed by atoms with Crippen LogP contribution in [0.5, 0.6) is 0 Å². The number of ketones is 1. The number of ether oxygens (including phenoxy) is 2. The normalized spacial score (nSPS) is 41.7. The van der Waals surface area contributed by atoms with Gasteiger partial charge in [0, 0.05) is 34.3 Å². The first kappa shape index (κ1) is 23.7. The van der Waals surface area contributed by atoms with Crippen molar-refractivity contribution in [2.45, 2.75) is 80.1 Å². The predicted molar refractivity (Wildman–Crippen MR) is 116 cm³/mol. The molecule has 0 aliphatic heterocycles. The second-order valence-electron chi connectivity index (χ2n) is 10.4. The first-order valence-electron chi connectivity index (χ1n) is 11.2.